The van der Waals surface area contributed by atoms with Gasteiger partial charge in [0, 0.05) is 11.3 Å². The van der Waals surface area contributed by atoms with Crippen LogP contribution in [0.15, 0.2) is 71.6 Å². The number of fused-ring (bicyclic) bond motifs is 1. The molecule has 7 heteroatoms. The van der Waals surface area contributed by atoms with Crippen LogP contribution in [0.4, 0.5) is 10.1 Å². The average molecular weight is 398 g/mol. The predicted octanol–water partition coefficient (Wildman–Crippen LogP) is 5.21. The Morgan fingerprint density at radius 3 is 2.33 bits per heavy atom. The molecule has 0 aliphatic rings. The highest BCUT2D eigenvalue weighted by molar-refractivity contribution is 7.92. The van der Waals surface area contributed by atoms with Crippen LogP contribution in [-0.2, 0) is 10.0 Å². The number of aryl methyl sites for hydroxylation is 1. The molecule has 0 radical (unpaired) electrons. The van der Waals surface area contributed by atoms with Gasteiger partial charge in [-0.05, 0) is 55.5 Å². The van der Waals surface area contributed by atoms with Gasteiger partial charge in [-0.1, -0.05) is 23.8 Å². The van der Waals surface area contributed by atoms with E-state index in [1.807, 2.05) is 13.0 Å². The summed E-state index contributed by atoms with van der Waals surface area (Å²) < 4.78 is 42.1. The van der Waals surface area contributed by atoms with Crippen molar-refractivity contribution in [2.45, 2.75) is 11.8 Å². The maximum atomic E-state index is 13.8. The summed E-state index contributed by atoms with van der Waals surface area (Å²) in [5.41, 5.74) is 2.59. The summed E-state index contributed by atoms with van der Waals surface area (Å²) in [6, 6.07) is 18.4. The number of nitrogens with zero attached hydrogens (tertiary/aromatic N) is 1. The molecular weight excluding hydrogens is 383 g/mol. The monoisotopic (exact) mass is 398 g/mol. The molecule has 1 N–H and O–H groups in total. The van der Waals surface area contributed by atoms with Gasteiger partial charge in [0.15, 0.2) is 0 Å². The van der Waals surface area contributed by atoms with Crippen LogP contribution in [-0.4, -0.2) is 13.4 Å². The molecule has 0 amide bonds. The van der Waals surface area contributed by atoms with Crippen molar-refractivity contribution in [2.24, 2.45) is 0 Å². The molecule has 0 bridgehead atoms. The Balaban J connectivity index is 1.60. The van der Waals surface area contributed by atoms with E-state index in [-0.39, 0.29) is 10.7 Å². The van der Waals surface area contributed by atoms with E-state index in [2.05, 4.69) is 9.71 Å². The maximum Gasteiger partial charge on any atom is 0.261 e. The van der Waals surface area contributed by atoms with Gasteiger partial charge in [0.25, 0.3) is 10.0 Å². The SMILES string of the molecule is Cc1ccc(S(=O)(=O)Nc2ccc(-c3nc4c(F)cccc4s3)cc2)cc1. The molecule has 0 fully saturated rings. The Morgan fingerprint density at radius 2 is 1.67 bits per heavy atom. The molecule has 27 heavy (non-hydrogen) atoms. The Bertz CT molecular complexity index is 1220. The summed E-state index contributed by atoms with van der Waals surface area (Å²) in [5.74, 6) is -0.350. The first-order valence-electron chi connectivity index (χ1n) is 8.17. The van der Waals surface area contributed by atoms with Gasteiger partial charge in [0.2, 0.25) is 0 Å². The molecule has 4 nitrogen and oxygen atoms in total. The standard InChI is InChI=1S/C20H15FN2O2S2/c1-13-5-11-16(12-6-13)27(24,25)23-15-9-7-14(8-10-15)20-22-19-17(21)3-2-4-18(19)26-20/h2-12,23H,1H3. The zero-order valence-corrected chi connectivity index (χ0v) is 15.9. The van der Waals surface area contributed by atoms with Crippen molar-refractivity contribution < 1.29 is 12.8 Å². The summed E-state index contributed by atoms with van der Waals surface area (Å²) in [4.78, 5) is 4.55. The van der Waals surface area contributed by atoms with Crippen molar-refractivity contribution in [3.05, 3.63) is 78.1 Å². The van der Waals surface area contributed by atoms with Crippen molar-refractivity contribution in [3.8, 4) is 10.6 Å². The van der Waals surface area contributed by atoms with Crippen molar-refractivity contribution in [2.75, 3.05) is 4.72 Å². The van der Waals surface area contributed by atoms with Gasteiger partial charge in [0.05, 0.1) is 9.60 Å². The second kappa shape index (κ2) is 6.75. The number of benzene rings is 3. The number of aromatic nitrogens is 1. The molecular formula is C20H15FN2O2S2. The Kier molecular flexibility index (Phi) is 4.41. The minimum Gasteiger partial charge on any atom is -0.280 e. The molecule has 1 aromatic heterocycles. The molecule has 3 aromatic carbocycles. The highest BCUT2D eigenvalue weighted by atomic mass is 32.2. The molecule has 136 valence electrons. The lowest BCUT2D eigenvalue weighted by atomic mass is 10.2. The van der Waals surface area contributed by atoms with Crippen LogP contribution in [0.5, 0.6) is 0 Å². The first-order valence-corrected chi connectivity index (χ1v) is 10.5. The van der Waals surface area contributed by atoms with Crippen LogP contribution in [0.2, 0.25) is 0 Å². The third-order valence-electron chi connectivity index (χ3n) is 4.09. The number of hydrogen-bond donors (Lipinski definition) is 1. The number of sulfonamides is 1. The summed E-state index contributed by atoms with van der Waals surface area (Å²) >= 11 is 1.39. The van der Waals surface area contributed by atoms with E-state index < -0.39 is 10.0 Å². The van der Waals surface area contributed by atoms with Crippen LogP contribution >= 0.6 is 11.3 Å². The van der Waals surface area contributed by atoms with Crippen LogP contribution in [0.3, 0.4) is 0 Å². The third-order valence-corrected chi connectivity index (χ3v) is 6.55. The molecule has 4 aromatic rings. The zero-order valence-electron chi connectivity index (χ0n) is 14.3. The number of hydrogen-bond acceptors (Lipinski definition) is 4. The van der Waals surface area contributed by atoms with Crippen LogP contribution in [0.25, 0.3) is 20.8 Å². The minimum atomic E-state index is -3.65. The second-order valence-electron chi connectivity index (χ2n) is 6.10. The summed E-state index contributed by atoms with van der Waals surface area (Å²) in [7, 11) is -3.65. The smallest absolute Gasteiger partial charge is 0.261 e. The molecule has 0 unspecified atom stereocenters. The molecule has 0 aliphatic heterocycles. The van der Waals surface area contributed by atoms with Gasteiger partial charge in [-0.3, -0.25) is 4.72 Å². The largest absolute Gasteiger partial charge is 0.280 e. The minimum absolute atomic E-state index is 0.207. The van der Waals surface area contributed by atoms with Gasteiger partial charge >= 0.3 is 0 Å². The average Bonchev–Trinajstić information content (AvgIpc) is 3.08. The molecule has 0 atom stereocenters. The highest BCUT2D eigenvalue weighted by Crippen LogP contribution is 2.32. The highest BCUT2D eigenvalue weighted by Gasteiger charge is 2.14. The lowest BCUT2D eigenvalue weighted by Crippen LogP contribution is -2.12. The van der Waals surface area contributed by atoms with E-state index in [1.54, 1.807) is 54.6 Å². The molecule has 4 rings (SSSR count). The van der Waals surface area contributed by atoms with Gasteiger partial charge in [-0.2, -0.15) is 0 Å². The fraction of sp³-hybridized carbons (Fsp3) is 0.0500. The molecule has 0 saturated carbocycles. The summed E-state index contributed by atoms with van der Waals surface area (Å²) in [6.45, 7) is 1.90. The van der Waals surface area contributed by atoms with E-state index in [0.29, 0.717) is 16.2 Å². The van der Waals surface area contributed by atoms with Crippen LogP contribution < -0.4 is 4.72 Å². The molecule has 1 heterocycles. The van der Waals surface area contributed by atoms with Crippen molar-refractivity contribution in [1.82, 2.24) is 4.98 Å². The van der Waals surface area contributed by atoms with Crippen molar-refractivity contribution >= 4 is 37.3 Å². The van der Waals surface area contributed by atoms with E-state index in [9.17, 15) is 12.8 Å². The van der Waals surface area contributed by atoms with E-state index in [4.69, 9.17) is 0 Å². The van der Waals surface area contributed by atoms with Gasteiger partial charge in [-0.15, -0.1) is 11.3 Å². The topological polar surface area (TPSA) is 59.1 Å². The number of anilines is 1. The van der Waals surface area contributed by atoms with Gasteiger partial charge in [-0.25, -0.2) is 17.8 Å². The summed E-state index contributed by atoms with van der Waals surface area (Å²) in [5, 5.41) is 0.683. The third kappa shape index (κ3) is 3.56. The summed E-state index contributed by atoms with van der Waals surface area (Å²) in [6.07, 6.45) is 0. The Morgan fingerprint density at radius 1 is 0.963 bits per heavy atom. The first-order chi connectivity index (χ1) is 12.9. The number of para-hydroxylation sites is 1. The Hall–Kier alpha value is -2.77. The quantitative estimate of drug-likeness (QED) is 0.513. The van der Waals surface area contributed by atoms with Crippen molar-refractivity contribution in [3.63, 3.8) is 0 Å². The molecule has 0 aliphatic carbocycles. The number of nitrogens with one attached hydrogen (secondary N) is 1. The Labute approximate surface area is 160 Å². The fourth-order valence-corrected chi connectivity index (χ4v) is 4.69. The zero-order chi connectivity index (χ0) is 19.0. The first kappa shape index (κ1) is 17.6. The lowest BCUT2D eigenvalue weighted by molar-refractivity contribution is 0.601. The van der Waals surface area contributed by atoms with Gasteiger partial charge in [0.1, 0.15) is 16.3 Å². The fourth-order valence-electron chi connectivity index (χ4n) is 2.65. The van der Waals surface area contributed by atoms with Crippen LogP contribution in [0.1, 0.15) is 5.56 Å². The lowest BCUT2D eigenvalue weighted by Gasteiger charge is -2.08. The van der Waals surface area contributed by atoms with Crippen LogP contribution in [0, 0.1) is 12.7 Å². The van der Waals surface area contributed by atoms with E-state index in [1.165, 1.54) is 17.4 Å². The number of rotatable bonds is 4. The predicted molar refractivity (Wildman–Crippen MR) is 107 cm³/mol. The van der Waals surface area contributed by atoms with Gasteiger partial charge < -0.3 is 0 Å². The number of halogens is 1. The molecule has 0 spiro atoms. The second-order valence-corrected chi connectivity index (χ2v) is 8.81. The van der Waals surface area contributed by atoms with E-state index >= 15 is 0 Å². The maximum absolute atomic E-state index is 13.8. The normalized spacial score (nSPS) is 11.6. The molecule has 0 saturated heterocycles. The number of thiazole rings is 1. The van der Waals surface area contributed by atoms with E-state index in [0.717, 1.165) is 15.8 Å². The van der Waals surface area contributed by atoms with Crippen molar-refractivity contribution in [1.29, 1.82) is 0 Å².